The van der Waals surface area contributed by atoms with Crippen LogP contribution in [0.3, 0.4) is 0 Å². The minimum absolute atomic E-state index is 0.0337. The quantitative estimate of drug-likeness (QED) is 0.103. The third kappa shape index (κ3) is 7.04. The van der Waals surface area contributed by atoms with Crippen molar-refractivity contribution in [3.05, 3.63) is 135 Å². The molecule has 46 heavy (non-hydrogen) atoms. The summed E-state index contributed by atoms with van der Waals surface area (Å²) < 4.78 is 46.0. The summed E-state index contributed by atoms with van der Waals surface area (Å²) in [6.45, 7) is 1.33. The average molecular weight is 653 g/mol. The number of hydrogen-bond acceptors (Lipinski definition) is 8. The lowest BCUT2D eigenvalue weighted by Gasteiger charge is -2.09. The molecule has 7 rings (SSSR count). The Labute approximate surface area is 270 Å². The zero-order valence-corrected chi connectivity index (χ0v) is 26.0. The van der Waals surface area contributed by atoms with Gasteiger partial charge in [-0.2, -0.15) is 0 Å². The van der Waals surface area contributed by atoms with Crippen LogP contribution < -0.4 is 4.74 Å². The molecule has 7 aromatic rings. The van der Waals surface area contributed by atoms with Crippen molar-refractivity contribution in [2.75, 3.05) is 6.61 Å². The van der Waals surface area contributed by atoms with Gasteiger partial charge < -0.3 is 14.2 Å². The molecule has 0 fully saturated rings. The first-order valence-corrected chi connectivity index (χ1v) is 16.2. The van der Waals surface area contributed by atoms with E-state index in [-0.39, 0.29) is 18.2 Å². The molecule has 0 N–H and O–H groups in total. The van der Waals surface area contributed by atoms with Crippen molar-refractivity contribution >= 4 is 59.8 Å². The van der Waals surface area contributed by atoms with Crippen molar-refractivity contribution < 1.29 is 27.8 Å². The summed E-state index contributed by atoms with van der Waals surface area (Å²) in [6.07, 6.45) is 0.696. The molecule has 10 heteroatoms. The van der Waals surface area contributed by atoms with Crippen molar-refractivity contribution in [1.29, 1.82) is 0 Å². The van der Waals surface area contributed by atoms with E-state index in [1.54, 1.807) is 24.3 Å². The topological polar surface area (TPSA) is 70.5 Å². The maximum absolute atomic E-state index is 13.5. The van der Waals surface area contributed by atoms with Crippen LogP contribution in [-0.4, -0.2) is 22.5 Å². The van der Waals surface area contributed by atoms with E-state index in [0.717, 1.165) is 42.1 Å². The fourth-order valence-corrected chi connectivity index (χ4v) is 6.74. The van der Waals surface area contributed by atoms with Crippen LogP contribution in [0.15, 0.2) is 97.1 Å². The lowest BCUT2D eigenvalue weighted by atomic mass is 10.1. The number of carbonyl (C=O) groups excluding carboxylic acids is 1. The maximum Gasteiger partial charge on any atom is 0.338 e. The molecule has 0 saturated heterocycles. The van der Waals surface area contributed by atoms with Crippen LogP contribution in [0.5, 0.6) is 5.75 Å². The summed E-state index contributed by atoms with van der Waals surface area (Å²) in [5.41, 5.74) is 3.74. The van der Waals surface area contributed by atoms with Crippen molar-refractivity contribution in [1.82, 2.24) is 9.97 Å². The predicted molar refractivity (Wildman–Crippen MR) is 176 cm³/mol. The van der Waals surface area contributed by atoms with Crippen molar-refractivity contribution in [3.8, 4) is 5.75 Å². The van der Waals surface area contributed by atoms with E-state index in [4.69, 9.17) is 14.2 Å². The number of aromatic nitrogens is 2. The highest BCUT2D eigenvalue weighted by Gasteiger charge is 2.11. The summed E-state index contributed by atoms with van der Waals surface area (Å²) in [7, 11) is 0. The minimum atomic E-state index is -0.438. The number of esters is 1. The van der Waals surface area contributed by atoms with E-state index >= 15 is 0 Å². The molecular weight excluding hydrogens is 627 g/mol. The van der Waals surface area contributed by atoms with Gasteiger partial charge in [-0.15, -0.1) is 22.7 Å². The highest BCUT2D eigenvalue weighted by atomic mass is 32.1. The van der Waals surface area contributed by atoms with Gasteiger partial charge in [-0.25, -0.2) is 23.5 Å². The van der Waals surface area contributed by atoms with Crippen molar-refractivity contribution in [3.63, 3.8) is 0 Å². The molecule has 0 radical (unpaired) electrons. The van der Waals surface area contributed by atoms with Gasteiger partial charge in [-0.1, -0.05) is 30.3 Å². The molecule has 6 nitrogen and oxygen atoms in total. The lowest BCUT2D eigenvalue weighted by Crippen LogP contribution is -2.05. The smallest absolute Gasteiger partial charge is 0.338 e. The van der Waals surface area contributed by atoms with Gasteiger partial charge in [0, 0.05) is 12.1 Å². The normalized spacial score (nSPS) is 11.4. The van der Waals surface area contributed by atoms with E-state index in [2.05, 4.69) is 28.2 Å². The third-order valence-electron chi connectivity index (χ3n) is 7.35. The first-order valence-electron chi connectivity index (χ1n) is 14.5. The molecule has 0 aliphatic heterocycles. The van der Waals surface area contributed by atoms with Gasteiger partial charge in [-0.05, 0) is 82.9 Å². The Bertz CT molecular complexity index is 2180. The number of halogens is 2. The molecule has 0 aliphatic rings. The molecule has 0 aliphatic carbocycles. The second kappa shape index (κ2) is 13.3. The summed E-state index contributed by atoms with van der Waals surface area (Å²) in [4.78, 5) is 21.3. The summed E-state index contributed by atoms with van der Waals surface area (Å²) >= 11 is 2.87. The second-order valence-corrected chi connectivity index (χ2v) is 12.9. The highest BCUT2D eigenvalue weighted by Crippen LogP contribution is 2.27. The molecule has 0 bridgehead atoms. The Kier molecular flexibility index (Phi) is 8.65. The SMILES string of the molecule is O=C(OCc1nc2cc(F)ccc2s1)c1ccc(CCOCc2ccc3ccc(OCc4nc5cc(F)ccc5s4)cc3c2)cc1. The first-order chi connectivity index (χ1) is 22.4. The van der Waals surface area contributed by atoms with E-state index < -0.39 is 5.97 Å². The molecule has 0 atom stereocenters. The van der Waals surface area contributed by atoms with Crippen LogP contribution >= 0.6 is 22.7 Å². The lowest BCUT2D eigenvalue weighted by molar-refractivity contribution is 0.0472. The Balaban J connectivity index is 0.879. The minimum Gasteiger partial charge on any atom is -0.486 e. The standard InChI is InChI=1S/C36H26F2N2O4S2/c37-27-8-11-32-30(17-27)39-34(45-32)20-43-29-10-7-24-4-3-23(15-26(24)16-29)19-42-14-13-22-1-5-25(6-2-22)36(41)44-21-35-40-31-18-28(38)9-12-33(31)46-35/h1-12,15-18H,13-14,19-21H2. The van der Waals surface area contributed by atoms with E-state index in [0.29, 0.717) is 47.8 Å². The Hall–Kier alpha value is -4.77. The molecule has 2 aromatic heterocycles. The number of thiazole rings is 2. The molecular formula is C36H26F2N2O4S2. The number of benzene rings is 5. The number of nitrogens with zero attached hydrogens (tertiary/aromatic N) is 2. The first kappa shape index (κ1) is 29.9. The van der Waals surface area contributed by atoms with Gasteiger partial charge in [0.15, 0.2) is 0 Å². The fourth-order valence-electron chi connectivity index (χ4n) is 5.02. The fraction of sp³-hybridized carbons (Fsp3) is 0.139. The van der Waals surface area contributed by atoms with Gasteiger partial charge >= 0.3 is 5.97 Å². The Morgan fingerprint density at radius 2 is 1.30 bits per heavy atom. The molecule has 0 spiro atoms. The van der Waals surface area contributed by atoms with Gasteiger partial charge in [0.25, 0.3) is 0 Å². The van der Waals surface area contributed by atoms with Crippen LogP contribution in [0, 0.1) is 11.6 Å². The predicted octanol–water partition coefficient (Wildman–Crippen LogP) is 9.03. The summed E-state index contributed by atoms with van der Waals surface area (Å²) in [5, 5.41) is 3.55. The molecule has 0 unspecified atom stereocenters. The molecule has 230 valence electrons. The van der Waals surface area contributed by atoms with Crippen LogP contribution in [0.1, 0.15) is 31.5 Å². The largest absolute Gasteiger partial charge is 0.486 e. The number of hydrogen-bond donors (Lipinski definition) is 0. The Morgan fingerprint density at radius 1 is 0.652 bits per heavy atom. The van der Waals surface area contributed by atoms with Crippen molar-refractivity contribution in [2.24, 2.45) is 0 Å². The summed E-state index contributed by atoms with van der Waals surface area (Å²) in [5.74, 6) is -0.351. The molecule has 0 saturated carbocycles. The van der Waals surface area contributed by atoms with Gasteiger partial charge in [0.1, 0.15) is 40.6 Å². The average Bonchev–Trinajstić information content (AvgIpc) is 3.67. The van der Waals surface area contributed by atoms with Crippen LogP contribution in [-0.2, 0) is 35.7 Å². The van der Waals surface area contributed by atoms with Crippen LogP contribution in [0.4, 0.5) is 8.78 Å². The van der Waals surface area contributed by atoms with E-state index in [9.17, 15) is 13.6 Å². The second-order valence-electron chi connectivity index (χ2n) is 10.6. The maximum atomic E-state index is 13.5. The van der Waals surface area contributed by atoms with Crippen LogP contribution in [0.25, 0.3) is 31.2 Å². The van der Waals surface area contributed by atoms with Gasteiger partial charge in [0.05, 0.1) is 39.2 Å². The van der Waals surface area contributed by atoms with Gasteiger partial charge in [-0.3, -0.25) is 0 Å². The molecule has 2 heterocycles. The zero-order chi connectivity index (χ0) is 31.5. The number of fused-ring (bicyclic) bond motifs is 3. The van der Waals surface area contributed by atoms with E-state index in [1.165, 1.54) is 46.9 Å². The van der Waals surface area contributed by atoms with Crippen LogP contribution in [0.2, 0.25) is 0 Å². The molecule has 5 aromatic carbocycles. The number of rotatable bonds is 11. The summed E-state index contributed by atoms with van der Waals surface area (Å²) in [6, 6.07) is 28.5. The zero-order valence-electron chi connectivity index (χ0n) is 24.4. The number of carbonyl (C=O) groups is 1. The van der Waals surface area contributed by atoms with Crippen molar-refractivity contribution in [2.45, 2.75) is 26.2 Å². The van der Waals surface area contributed by atoms with Gasteiger partial charge in [0.2, 0.25) is 0 Å². The monoisotopic (exact) mass is 652 g/mol. The molecule has 0 amide bonds. The number of ether oxygens (including phenoxy) is 3. The third-order valence-corrected chi connectivity index (χ3v) is 9.37. The Morgan fingerprint density at radius 3 is 2.02 bits per heavy atom. The highest BCUT2D eigenvalue weighted by molar-refractivity contribution is 7.18. The van der Waals surface area contributed by atoms with E-state index in [1.807, 2.05) is 30.3 Å².